The third-order valence-electron chi connectivity index (χ3n) is 2.58. The summed E-state index contributed by atoms with van der Waals surface area (Å²) in [4.78, 5) is 0. The number of fused-ring (bicyclic) bond motifs is 1. The molecule has 0 saturated heterocycles. The van der Waals surface area contributed by atoms with Crippen molar-refractivity contribution in [2.75, 3.05) is 6.54 Å². The predicted molar refractivity (Wildman–Crippen MR) is 61.6 cm³/mol. The zero-order valence-electron chi connectivity index (χ0n) is 8.49. The topological polar surface area (TPSA) is 26.0 Å². The van der Waals surface area contributed by atoms with E-state index in [1.54, 1.807) is 0 Å². The van der Waals surface area contributed by atoms with E-state index in [-0.39, 0.29) is 6.54 Å². The molecule has 1 atom stereocenters. The average molecular weight is 203 g/mol. The number of halogens is 1. The second-order valence-corrected chi connectivity index (χ2v) is 3.68. The molecule has 2 rings (SSSR count). The SMILES string of the molecule is NCC(F)Cc1cccc2ccccc12. The molecule has 0 spiro atoms. The smallest absolute Gasteiger partial charge is 0.116 e. The number of nitrogens with two attached hydrogens (primary N) is 1. The Bertz CT molecular complexity index is 448. The van der Waals surface area contributed by atoms with E-state index in [0.29, 0.717) is 6.42 Å². The summed E-state index contributed by atoms with van der Waals surface area (Å²) in [5.41, 5.74) is 6.32. The normalized spacial score (nSPS) is 12.9. The van der Waals surface area contributed by atoms with Crippen LogP contribution < -0.4 is 5.73 Å². The minimum atomic E-state index is -0.948. The highest BCUT2D eigenvalue weighted by Crippen LogP contribution is 2.20. The molecular formula is C13H14FN. The summed E-state index contributed by atoms with van der Waals surface area (Å²) in [7, 11) is 0. The molecule has 0 aliphatic heterocycles. The van der Waals surface area contributed by atoms with Crippen LogP contribution in [0.3, 0.4) is 0 Å². The van der Waals surface area contributed by atoms with E-state index in [1.807, 2.05) is 42.5 Å². The van der Waals surface area contributed by atoms with Crippen molar-refractivity contribution in [2.24, 2.45) is 5.73 Å². The van der Waals surface area contributed by atoms with Crippen LogP contribution in [0.1, 0.15) is 5.56 Å². The molecule has 2 aromatic carbocycles. The maximum absolute atomic E-state index is 13.2. The van der Waals surface area contributed by atoms with Gasteiger partial charge in [-0.3, -0.25) is 0 Å². The van der Waals surface area contributed by atoms with Crippen LogP contribution in [0.2, 0.25) is 0 Å². The van der Waals surface area contributed by atoms with Gasteiger partial charge >= 0.3 is 0 Å². The van der Waals surface area contributed by atoms with Crippen LogP contribution >= 0.6 is 0 Å². The third kappa shape index (κ3) is 2.16. The summed E-state index contributed by atoms with van der Waals surface area (Å²) >= 11 is 0. The van der Waals surface area contributed by atoms with Crippen molar-refractivity contribution in [3.8, 4) is 0 Å². The van der Waals surface area contributed by atoms with Crippen LogP contribution in [0.25, 0.3) is 10.8 Å². The quantitative estimate of drug-likeness (QED) is 0.815. The molecule has 0 saturated carbocycles. The lowest BCUT2D eigenvalue weighted by molar-refractivity contribution is 0.341. The molecule has 2 heteroatoms. The van der Waals surface area contributed by atoms with Crippen LogP contribution in [0.15, 0.2) is 42.5 Å². The molecule has 0 radical (unpaired) electrons. The molecule has 0 amide bonds. The molecule has 0 fully saturated rings. The Hall–Kier alpha value is -1.41. The molecule has 78 valence electrons. The van der Waals surface area contributed by atoms with Crippen molar-refractivity contribution in [3.05, 3.63) is 48.0 Å². The lowest BCUT2D eigenvalue weighted by Crippen LogP contribution is -2.17. The maximum Gasteiger partial charge on any atom is 0.116 e. The van der Waals surface area contributed by atoms with Crippen LogP contribution in [-0.4, -0.2) is 12.7 Å². The third-order valence-corrected chi connectivity index (χ3v) is 2.58. The van der Waals surface area contributed by atoms with Gasteiger partial charge in [0, 0.05) is 13.0 Å². The fourth-order valence-electron chi connectivity index (χ4n) is 1.79. The number of benzene rings is 2. The van der Waals surface area contributed by atoms with E-state index >= 15 is 0 Å². The van der Waals surface area contributed by atoms with Crippen molar-refractivity contribution in [3.63, 3.8) is 0 Å². The lowest BCUT2D eigenvalue weighted by atomic mass is 10.0. The zero-order chi connectivity index (χ0) is 10.7. The van der Waals surface area contributed by atoms with Gasteiger partial charge in [0.1, 0.15) is 6.17 Å². The van der Waals surface area contributed by atoms with Crippen molar-refractivity contribution >= 4 is 10.8 Å². The minimum Gasteiger partial charge on any atom is -0.328 e. The second-order valence-electron chi connectivity index (χ2n) is 3.68. The van der Waals surface area contributed by atoms with Crippen LogP contribution in [0.4, 0.5) is 4.39 Å². The standard InChI is InChI=1S/C13H14FN/c14-12(9-15)8-11-6-3-5-10-4-1-2-7-13(10)11/h1-7,12H,8-9,15H2. The number of hydrogen-bond acceptors (Lipinski definition) is 1. The Labute approximate surface area is 88.7 Å². The summed E-state index contributed by atoms with van der Waals surface area (Å²) in [6, 6.07) is 14.0. The maximum atomic E-state index is 13.2. The number of alkyl halides is 1. The first-order valence-corrected chi connectivity index (χ1v) is 5.12. The van der Waals surface area contributed by atoms with E-state index in [0.717, 1.165) is 16.3 Å². The van der Waals surface area contributed by atoms with Gasteiger partial charge in [-0.05, 0) is 16.3 Å². The first-order valence-electron chi connectivity index (χ1n) is 5.12. The Morgan fingerprint density at radius 1 is 1.07 bits per heavy atom. The van der Waals surface area contributed by atoms with Crippen molar-refractivity contribution in [1.82, 2.24) is 0 Å². The molecule has 0 aromatic heterocycles. The van der Waals surface area contributed by atoms with Crippen molar-refractivity contribution in [1.29, 1.82) is 0 Å². The summed E-state index contributed by atoms with van der Waals surface area (Å²) in [6.07, 6.45) is -0.548. The zero-order valence-corrected chi connectivity index (χ0v) is 8.49. The summed E-state index contributed by atoms with van der Waals surface area (Å²) in [5.74, 6) is 0. The Morgan fingerprint density at radius 3 is 2.60 bits per heavy atom. The summed E-state index contributed by atoms with van der Waals surface area (Å²) < 4.78 is 13.2. The molecule has 15 heavy (non-hydrogen) atoms. The average Bonchev–Trinajstić information content (AvgIpc) is 2.29. The first kappa shape index (κ1) is 10.1. The van der Waals surface area contributed by atoms with Crippen LogP contribution in [0, 0.1) is 0 Å². The first-order chi connectivity index (χ1) is 7.31. The van der Waals surface area contributed by atoms with Gasteiger partial charge in [0.05, 0.1) is 0 Å². The molecule has 2 aromatic rings. The van der Waals surface area contributed by atoms with Crippen molar-refractivity contribution in [2.45, 2.75) is 12.6 Å². The van der Waals surface area contributed by atoms with E-state index in [2.05, 4.69) is 0 Å². The lowest BCUT2D eigenvalue weighted by Gasteiger charge is -2.08. The van der Waals surface area contributed by atoms with Gasteiger partial charge in [-0.25, -0.2) is 4.39 Å². The fourth-order valence-corrected chi connectivity index (χ4v) is 1.79. The predicted octanol–water partition coefficient (Wildman–Crippen LogP) is 2.68. The van der Waals surface area contributed by atoms with Gasteiger partial charge in [0.25, 0.3) is 0 Å². The highest BCUT2D eigenvalue weighted by Gasteiger charge is 2.07. The highest BCUT2D eigenvalue weighted by molar-refractivity contribution is 5.85. The second kappa shape index (κ2) is 4.41. The van der Waals surface area contributed by atoms with Crippen LogP contribution in [-0.2, 0) is 6.42 Å². The minimum absolute atomic E-state index is 0.0865. The Morgan fingerprint density at radius 2 is 1.80 bits per heavy atom. The molecule has 0 heterocycles. The molecule has 0 bridgehead atoms. The molecule has 0 aliphatic rings. The van der Waals surface area contributed by atoms with Gasteiger partial charge in [0.15, 0.2) is 0 Å². The summed E-state index contributed by atoms with van der Waals surface area (Å²) in [6.45, 7) is 0.0865. The monoisotopic (exact) mass is 203 g/mol. The van der Waals surface area contributed by atoms with Gasteiger partial charge < -0.3 is 5.73 Å². The van der Waals surface area contributed by atoms with Gasteiger partial charge in [0.2, 0.25) is 0 Å². The molecule has 1 unspecified atom stereocenters. The van der Waals surface area contributed by atoms with Gasteiger partial charge in [-0.2, -0.15) is 0 Å². The molecule has 2 N–H and O–H groups in total. The molecule has 1 nitrogen and oxygen atoms in total. The van der Waals surface area contributed by atoms with Crippen molar-refractivity contribution < 1.29 is 4.39 Å². The Kier molecular flexibility index (Phi) is 2.97. The Balaban J connectivity index is 2.42. The largest absolute Gasteiger partial charge is 0.328 e. The highest BCUT2D eigenvalue weighted by atomic mass is 19.1. The van der Waals surface area contributed by atoms with Gasteiger partial charge in [-0.1, -0.05) is 42.5 Å². The van der Waals surface area contributed by atoms with Gasteiger partial charge in [-0.15, -0.1) is 0 Å². The number of hydrogen-bond donors (Lipinski definition) is 1. The number of rotatable bonds is 3. The fraction of sp³-hybridized carbons (Fsp3) is 0.231. The van der Waals surface area contributed by atoms with E-state index in [4.69, 9.17) is 5.73 Å². The summed E-state index contributed by atoms with van der Waals surface area (Å²) in [5, 5.41) is 2.27. The van der Waals surface area contributed by atoms with E-state index in [1.165, 1.54) is 0 Å². The molecular weight excluding hydrogens is 189 g/mol. The van der Waals surface area contributed by atoms with E-state index in [9.17, 15) is 4.39 Å². The molecule has 0 aliphatic carbocycles. The van der Waals surface area contributed by atoms with Crippen LogP contribution in [0.5, 0.6) is 0 Å². The van der Waals surface area contributed by atoms with E-state index < -0.39 is 6.17 Å².